The van der Waals surface area contributed by atoms with Crippen molar-refractivity contribution in [1.29, 1.82) is 0 Å². The predicted octanol–water partition coefficient (Wildman–Crippen LogP) is 0.710. The number of carboxylic acid groups (broad SMARTS) is 1. The minimum absolute atomic E-state index is 0.0455. The monoisotopic (exact) mass is 311 g/mol. The normalized spacial score (nSPS) is 15.1. The van der Waals surface area contributed by atoms with E-state index in [2.05, 4.69) is 0 Å². The zero-order valence-electron chi connectivity index (χ0n) is 11.5. The summed E-state index contributed by atoms with van der Waals surface area (Å²) in [5, 5.41) is 8.67. The van der Waals surface area contributed by atoms with E-state index in [0.717, 1.165) is 12.8 Å². The van der Waals surface area contributed by atoms with Crippen molar-refractivity contribution in [2.75, 3.05) is 18.8 Å². The molecule has 0 spiro atoms. The lowest BCUT2D eigenvalue weighted by Gasteiger charge is -2.15. The maximum Gasteiger partial charge on any atom is 0.307 e. The summed E-state index contributed by atoms with van der Waals surface area (Å²) in [6.45, 7) is 1.23. The highest BCUT2D eigenvalue weighted by atomic mass is 32.2. The molecule has 0 saturated carbocycles. The van der Waals surface area contributed by atoms with Crippen molar-refractivity contribution in [3.05, 3.63) is 29.8 Å². The summed E-state index contributed by atoms with van der Waals surface area (Å²) in [4.78, 5) is 24.1. The molecule has 114 valence electrons. The number of rotatable bonds is 5. The van der Waals surface area contributed by atoms with Crippen LogP contribution in [0.2, 0.25) is 0 Å². The molecular formula is C14H17NO5S. The number of carbonyl (C=O) groups excluding carboxylic acids is 1. The molecular weight excluding hydrogens is 294 g/mol. The van der Waals surface area contributed by atoms with Crippen molar-refractivity contribution in [2.24, 2.45) is 0 Å². The molecule has 7 heteroatoms. The van der Waals surface area contributed by atoms with Gasteiger partial charge in [0.2, 0.25) is 5.91 Å². The number of carboxylic acids is 1. The summed E-state index contributed by atoms with van der Waals surface area (Å²) in [5.41, 5.74) is 0.521. The molecule has 0 radical (unpaired) electrons. The van der Waals surface area contributed by atoms with Gasteiger partial charge in [-0.15, -0.1) is 0 Å². The van der Waals surface area contributed by atoms with Crippen molar-refractivity contribution in [3.8, 4) is 0 Å². The fourth-order valence-electron chi connectivity index (χ4n) is 2.29. The SMILES string of the molecule is O=C(O)Cc1ccc(S(=O)(=O)CC(=O)N2CCCC2)cc1. The topological polar surface area (TPSA) is 91.7 Å². The number of hydrogen-bond acceptors (Lipinski definition) is 4. The van der Waals surface area contributed by atoms with Crippen LogP contribution >= 0.6 is 0 Å². The Bertz CT molecular complexity index is 630. The van der Waals surface area contributed by atoms with Gasteiger partial charge < -0.3 is 10.0 Å². The fourth-order valence-corrected chi connectivity index (χ4v) is 3.52. The molecule has 0 unspecified atom stereocenters. The minimum atomic E-state index is -3.68. The number of likely N-dealkylation sites (tertiary alicyclic amines) is 1. The average molecular weight is 311 g/mol. The summed E-state index contributed by atoms with van der Waals surface area (Å²) < 4.78 is 24.3. The molecule has 0 aliphatic carbocycles. The second-order valence-corrected chi connectivity index (χ2v) is 7.05. The van der Waals surface area contributed by atoms with Gasteiger partial charge in [0, 0.05) is 13.1 Å². The molecule has 1 aromatic rings. The lowest BCUT2D eigenvalue weighted by molar-refractivity contribution is -0.136. The number of benzene rings is 1. The van der Waals surface area contributed by atoms with Crippen LogP contribution in [0.15, 0.2) is 29.2 Å². The Balaban J connectivity index is 2.08. The van der Waals surface area contributed by atoms with Crippen molar-refractivity contribution in [2.45, 2.75) is 24.2 Å². The van der Waals surface area contributed by atoms with Gasteiger partial charge in [-0.3, -0.25) is 9.59 Å². The molecule has 0 atom stereocenters. The Morgan fingerprint density at radius 3 is 2.19 bits per heavy atom. The molecule has 1 saturated heterocycles. The van der Waals surface area contributed by atoms with Crippen molar-refractivity contribution < 1.29 is 23.1 Å². The third-order valence-corrected chi connectivity index (χ3v) is 5.03. The van der Waals surface area contributed by atoms with E-state index < -0.39 is 21.6 Å². The van der Waals surface area contributed by atoms with Gasteiger partial charge >= 0.3 is 5.97 Å². The Kier molecular flexibility index (Phi) is 4.62. The number of aliphatic carboxylic acids is 1. The molecule has 21 heavy (non-hydrogen) atoms. The van der Waals surface area contributed by atoms with E-state index in [9.17, 15) is 18.0 Å². The lowest BCUT2D eigenvalue weighted by Crippen LogP contribution is -2.33. The third kappa shape index (κ3) is 4.04. The number of carbonyl (C=O) groups is 2. The second-order valence-electron chi connectivity index (χ2n) is 5.06. The maximum absolute atomic E-state index is 12.2. The van der Waals surface area contributed by atoms with Gasteiger partial charge in [0.15, 0.2) is 9.84 Å². The molecule has 1 heterocycles. The standard InChI is InChI=1S/C14H17NO5S/c16-13(15-7-1-2-8-15)10-21(19,20)12-5-3-11(4-6-12)9-14(17)18/h3-6H,1-2,7-10H2,(H,17,18). The first kappa shape index (κ1) is 15.5. The van der Waals surface area contributed by atoms with Crippen LogP contribution in [0.5, 0.6) is 0 Å². The molecule has 0 bridgehead atoms. The minimum Gasteiger partial charge on any atom is -0.481 e. The van der Waals surface area contributed by atoms with Gasteiger partial charge in [0.1, 0.15) is 5.75 Å². The summed E-state index contributed by atoms with van der Waals surface area (Å²) in [6, 6.07) is 5.62. The Hall–Kier alpha value is -1.89. The number of amides is 1. The highest BCUT2D eigenvalue weighted by Gasteiger charge is 2.25. The predicted molar refractivity (Wildman–Crippen MR) is 75.6 cm³/mol. The van der Waals surface area contributed by atoms with E-state index in [1.54, 1.807) is 4.90 Å². The van der Waals surface area contributed by atoms with E-state index in [1.807, 2.05) is 0 Å². The molecule has 1 amide bonds. The fraction of sp³-hybridized carbons (Fsp3) is 0.429. The van der Waals surface area contributed by atoms with Crippen molar-refractivity contribution >= 4 is 21.7 Å². The molecule has 1 aliphatic heterocycles. The van der Waals surface area contributed by atoms with Gasteiger partial charge in [-0.1, -0.05) is 12.1 Å². The second kappa shape index (κ2) is 6.26. The molecule has 1 fully saturated rings. The summed E-state index contributed by atoms with van der Waals surface area (Å²) in [5.74, 6) is -1.89. The first-order valence-corrected chi connectivity index (χ1v) is 8.35. The number of hydrogen-bond donors (Lipinski definition) is 1. The molecule has 1 aromatic carbocycles. The van der Waals surface area contributed by atoms with E-state index in [0.29, 0.717) is 18.7 Å². The first-order chi connectivity index (χ1) is 9.88. The largest absolute Gasteiger partial charge is 0.481 e. The van der Waals surface area contributed by atoms with Crippen LogP contribution in [-0.4, -0.2) is 49.1 Å². The van der Waals surface area contributed by atoms with Gasteiger partial charge in [-0.05, 0) is 30.5 Å². The van der Waals surface area contributed by atoms with Gasteiger partial charge in [-0.25, -0.2) is 8.42 Å². The van der Waals surface area contributed by atoms with Gasteiger partial charge in [-0.2, -0.15) is 0 Å². The van der Waals surface area contributed by atoms with Crippen LogP contribution in [0.3, 0.4) is 0 Å². The molecule has 1 aliphatic rings. The van der Waals surface area contributed by atoms with Crippen molar-refractivity contribution in [3.63, 3.8) is 0 Å². The molecule has 0 aromatic heterocycles. The molecule has 1 N–H and O–H groups in total. The summed E-state index contributed by atoms with van der Waals surface area (Å²) in [7, 11) is -3.68. The molecule has 6 nitrogen and oxygen atoms in total. The van der Waals surface area contributed by atoms with E-state index in [1.165, 1.54) is 24.3 Å². The van der Waals surface area contributed by atoms with Crippen LogP contribution in [0, 0.1) is 0 Å². The van der Waals surface area contributed by atoms with Crippen LogP contribution in [0.1, 0.15) is 18.4 Å². The lowest BCUT2D eigenvalue weighted by atomic mass is 10.2. The summed E-state index contributed by atoms with van der Waals surface area (Å²) in [6.07, 6.45) is 1.67. The van der Waals surface area contributed by atoms with Gasteiger partial charge in [0.25, 0.3) is 0 Å². The maximum atomic E-state index is 12.2. The van der Waals surface area contributed by atoms with Crippen LogP contribution in [-0.2, 0) is 25.8 Å². The zero-order valence-corrected chi connectivity index (χ0v) is 12.3. The Morgan fingerprint density at radius 1 is 1.10 bits per heavy atom. The smallest absolute Gasteiger partial charge is 0.307 e. The molecule has 2 rings (SSSR count). The van der Waals surface area contributed by atoms with Crippen molar-refractivity contribution in [1.82, 2.24) is 4.90 Å². The Morgan fingerprint density at radius 2 is 1.67 bits per heavy atom. The van der Waals surface area contributed by atoms with E-state index in [-0.39, 0.29) is 17.2 Å². The zero-order chi connectivity index (χ0) is 15.5. The third-order valence-electron chi connectivity index (χ3n) is 3.41. The van der Waals surface area contributed by atoms with Crippen LogP contribution in [0.4, 0.5) is 0 Å². The Labute approximate surface area is 123 Å². The van der Waals surface area contributed by atoms with Crippen LogP contribution in [0.25, 0.3) is 0 Å². The average Bonchev–Trinajstić information content (AvgIpc) is 2.92. The van der Waals surface area contributed by atoms with E-state index >= 15 is 0 Å². The highest BCUT2D eigenvalue weighted by Crippen LogP contribution is 2.15. The highest BCUT2D eigenvalue weighted by molar-refractivity contribution is 7.92. The quantitative estimate of drug-likeness (QED) is 0.864. The van der Waals surface area contributed by atoms with Crippen LogP contribution < -0.4 is 0 Å². The summed E-state index contributed by atoms with van der Waals surface area (Å²) >= 11 is 0. The number of sulfone groups is 1. The van der Waals surface area contributed by atoms with Gasteiger partial charge in [0.05, 0.1) is 11.3 Å². The first-order valence-electron chi connectivity index (χ1n) is 6.70. The van der Waals surface area contributed by atoms with E-state index in [4.69, 9.17) is 5.11 Å². The number of nitrogens with zero attached hydrogens (tertiary/aromatic N) is 1.